The zero-order chi connectivity index (χ0) is 14.4. The standard InChI is InChI=1S/C17H19NO2/c1-3-4-9-20-17(19)8-6-14-5-7-15-10-13(2)12-18-16(15)11-14/h5-8,10-12H,3-4,9H2,1-2H3/b8-6+. The van der Waals surface area contributed by atoms with Crippen molar-refractivity contribution in [2.75, 3.05) is 6.61 Å². The molecule has 0 unspecified atom stereocenters. The Hall–Kier alpha value is -2.16. The first kappa shape index (κ1) is 14.3. The summed E-state index contributed by atoms with van der Waals surface area (Å²) >= 11 is 0. The van der Waals surface area contributed by atoms with Gasteiger partial charge in [0.05, 0.1) is 12.1 Å². The second kappa shape index (κ2) is 6.85. The minimum Gasteiger partial charge on any atom is -0.463 e. The van der Waals surface area contributed by atoms with E-state index in [9.17, 15) is 4.79 Å². The van der Waals surface area contributed by atoms with Crippen LogP contribution in [0.15, 0.2) is 36.5 Å². The summed E-state index contributed by atoms with van der Waals surface area (Å²) in [6.45, 7) is 4.57. The molecule has 2 rings (SSSR count). The monoisotopic (exact) mass is 269 g/mol. The first-order chi connectivity index (χ1) is 9.69. The zero-order valence-corrected chi connectivity index (χ0v) is 11.9. The Kier molecular flexibility index (Phi) is 4.88. The van der Waals surface area contributed by atoms with Gasteiger partial charge in [0.2, 0.25) is 0 Å². The van der Waals surface area contributed by atoms with E-state index >= 15 is 0 Å². The van der Waals surface area contributed by atoms with Gasteiger partial charge in [-0.05, 0) is 42.7 Å². The fraction of sp³-hybridized carbons (Fsp3) is 0.294. The average Bonchev–Trinajstić information content (AvgIpc) is 2.45. The second-order valence-corrected chi connectivity index (χ2v) is 4.82. The molecule has 1 aromatic heterocycles. The fourth-order valence-corrected chi connectivity index (χ4v) is 1.88. The largest absolute Gasteiger partial charge is 0.463 e. The fourth-order valence-electron chi connectivity index (χ4n) is 1.88. The second-order valence-electron chi connectivity index (χ2n) is 4.82. The van der Waals surface area contributed by atoms with Crippen molar-refractivity contribution in [2.24, 2.45) is 0 Å². The SMILES string of the molecule is CCCCOC(=O)/C=C/c1ccc2cc(C)cnc2c1. The van der Waals surface area contributed by atoms with Crippen molar-refractivity contribution in [3.63, 3.8) is 0 Å². The highest BCUT2D eigenvalue weighted by Gasteiger charge is 1.98. The summed E-state index contributed by atoms with van der Waals surface area (Å²) in [7, 11) is 0. The van der Waals surface area contributed by atoms with Crippen molar-refractivity contribution in [2.45, 2.75) is 26.7 Å². The third-order valence-corrected chi connectivity index (χ3v) is 3.00. The van der Waals surface area contributed by atoms with Crippen molar-refractivity contribution >= 4 is 22.9 Å². The number of hydrogen-bond donors (Lipinski definition) is 0. The lowest BCUT2D eigenvalue weighted by Gasteiger charge is -2.01. The van der Waals surface area contributed by atoms with Gasteiger partial charge in [-0.1, -0.05) is 25.5 Å². The molecule has 104 valence electrons. The summed E-state index contributed by atoms with van der Waals surface area (Å²) in [5, 5.41) is 1.10. The number of pyridine rings is 1. The average molecular weight is 269 g/mol. The number of nitrogens with zero attached hydrogens (tertiary/aromatic N) is 1. The molecule has 0 spiro atoms. The zero-order valence-electron chi connectivity index (χ0n) is 11.9. The molecule has 3 heteroatoms. The molecule has 1 heterocycles. The van der Waals surface area contributed by atoms with E-state index in [-0.39, 0.29) is 5.97 Å². The predicted molar refractivity (Wildman–Crippen MR) is 81.4 cm³/mol. The molecule has 1 aromatic carbocycles. The maximum Gasteiger partial charge on any atom is 0.330 e. The third-order valence-electron chi connectivity index (χ3n) is 3.00. The van der Waals surface area contributed by atoms with Gasteiger partial charge >= 0.3 is 5.97 Å². The molecular formula is C17H19NO2. The number of esters is 1. The van der Waals surface area contributed by atoms with Crippen LogP contribution in [0.25, 0.3) is 17.0 Å². The van der Waals surface area contributed by atoms with Gasteiger partial charge in [-0.2, -0.15) is 0 Å². The number of aryl methyl sites for hydroxylation is 1. The number of benzene rings is 1. The van der Waals surface area contributed by atoms with Crippen molar-refractivity contribution in [3.8, 4) is 0 Å². The van der Waals surface area contributed by atoms with Crippen LogP contribution in [0.4, 0.5) is 0 Å². The van der Waals surface area contributed by atoms with Gasteiger partial charge in [0.15, 0.2) is 0 Å². The molecule has 2 aromatic rings. The van der Waals surface area contributed by atoms with Gasteiger partial charge in [-0.15, -0.1) is 0 Å². The molecule has 0 aliphatic carbocycles. The maximum absolute atomic E-state index is 11.5. The number of fused-ring (bicyclic) bond motifs is 1. The van der Waals surface area contributed by atoms with Gasteiger partial charge in [0, 0.05) is 17.7 Å². The van der Waals surface area contributed by atoms with Gasteiger partial charge in [-0.3, -0.25) is 4.98 Å². The van der Waals surface area contributed by atoms with Crippen LogP contribution in [0.2, 0.25) is 0 Å². The van der Waals surface area contributed by atoms with Crippen LogP contribution >= 0.6 is 0 Å². The molecule has 0 radical (unpaired) electrons. The number of hydrogen-bond acceptors (Lipinski definition) is 3. The number of ether oxygens (including phenoxy) is 1. The van der Waals surface area contributed by atoms with Gasteiger partial charge in [-0.25, -0.2) is 4.79 Å². The van der Waals surface area contributed by atoms with Crippen molar-refractivity contribution in [3.05, 3.63) is 47.7 Å². The Morgan fingerprint density at radius 2 is 2.20 bits per heavy atom. The first-order valence-electron chi connectivity index (χ1n) is 6.90. The van der Waals surface area contributed by atoms with Crippen LogP contribution < -0.4 is 0 Å². The quantitative estimate of drug-likeness (QED) is 0.469. The summed E-state index contributed by atoms with van der Waals surface area (Å²) in [5.74, 6) is -0.296. The van der Waals surface area contributed by atoms with Gasteiger partial charge in [0.1, 0.15) is 0 Å². The van der Waals surface area contributed by atoms with Gasteiger partial charge in [0.25, 0.3) is 0 Å². The Labute approximate surface area is 119 Å². The van der Waals surface area contributed by atoms with E-state index in [1.165, 1.54) is 6.08 Å². The maximum atomic E-state index is 11.5. The molecule has 0 aliphatic heterocycles. The van der Waals surface area contributed by atoms with E-state index in [0.717, 1.165) is 34.9 Å². The first-order valence-corrected chi connectivity index (χ1v) is 6.90. The van der Waals surface area contributed by atoms with E-state index in [1.807, 2.05) is 31.3 Å². The van der Waals surface area contributed by atoms with E-state index < -0.39 is 0 Å². The molecule has 0 fully saturated rings. The molecule has 0 saturated carbocycles. The summed E-state index contributed by atoms with van der Waals surface area (Å²) in [6, 6.07) is 8.04. The highest BCUT2D eigenvalue weighted by Crippen LogP contribution is 2.16. The Morgan fingerprint density at radius 3 is 3.00 bits per heavy atom. The lowest BCUT2D eigenvalue weighted by atomic mass is 10.1. The summed E-state index contributed by atoms with van der Waals surface area (Å²) in [5.41, 5.74) is 3.01. The van der Waals surface area contributed by atoms with Crippen LogP contribution in [-0.4, -0.2) is 17.6 Å². The minimum absolute atomic E-state index is 0.296. The van der Waals surface area contributed by atoms with E-state index in [4.69, 9.17) is 4.74 Å². The molecule has 0 N–H and O–H groups in total. The number of carbonyl (C=O) groups is 1. The summed E-state index contributed by atoms with van der Waals surface area (Å²) in [6.07, 6.45) is 6.99. The van der Waals surface area contributed by atoms with E-state index in [1.54, 1.807) is 6.08 Å². The third kappa shape index (κ3) is 3.92. The molecular weight excluding hydrogens is 250 g/mol. The highest BCUT2D eigenvalue weighted by atomic mass is 16.5. The number of unbranched alkanes of at least 4 members (excludes halogenated alkanes) is 1. The molecule has 0 aliphatic rings. The predicted octanol–water partition coefficient (Wildman–Crippen LogP) is 3.90. The highest BCUT2D eigenvalue weighted by molar-refractivity contribution is 5.88. The number of carbonyl (C=O) groups excluding carboxylic acids is 1. The van der Waals surface area contributed by atoms with Crippen LogP contribution in [-0.2, 0) is 9.53 Å². The number of rotatable bonds is 5. The lowest BCUT2D eigenvalue weighted by molar-refractivity contribution is -0.137. The van der Waals surface area contributed by atoms with Crippen molar-refractivity contribution in [1.82, 2.24) is 4.98 Å². The molecule has 3 nitrogen and oxygen atoms in total. The Morgan fingerprint density at radius 1 is 1.35 bits per heavy atom. The molecule has 0 saturated heterocycles. The normalized spacial score (nSPS) is 11.1. The van der Waals surface area contributed by atoms with Gasteiger partial charge < -0.3 is 4.74 Å². The van der Waals surface area contributed by atoms with Crippen LogP contribution in [0.5, 0.6) is 0 Å². The molecule has 0 bridgehead atoms. The minimum atomic E-state index is -0.296. The number of aromatic nitrogens is 1. The van der Waals surface area contributed by atoms with Crippen LogP contribution in [0.3, 0.4) is 0 Å². The topological polar surface area (TPSA) is 39.2 Å². The smallest absolute Gasteiger partial charge is 0.330 e. The lowest BCUT2D eigenvalue weighted by Crippen LogP contribution is -2.01. The van der Waals surface area contributed by atoms with E-state index in [0.29, 0.717) is 6.61 Å². The summed E-state index contributed by atoms with van der Waals surface area (Å²) < 4.78 is 5.07. The molecule has 0 amide bonds. The van der Waals surface area contributed by atoms with Crippen LogP contribution in [0.1, 0.15) is 30.9 Å². The molecule has 20 heavy (non-hydrogen) atoms. The van der Waals surface area contributed by atoms with Crippen molar-refractivity contribution in [1.29, 1.82) is 0 Å². The molecule has 0 atom stereocenters. The van der Waals surface area contributed by atoms with Crippen LogP contribution in [0, 0.1) is 6.92 Å². The Bertz CT molecular complexity index is 632. The Balaban J connectivity index is 2.06. The van der Waals surface area contributed by atoms with Crippen molar-refractivity contribution < 1.29 is 9.53 Å². The van der Waals surface area contributed by atoms with E-state index in [2.05, 4.69) is 18.0 Å². The summed E-state index contributed by atoms with van der Waals surface area (Å²) in [4.78, 5) is 15.9.